The fraction of sp³-hybridized carbons (Fsp3) is 0.294. The monoisotopic (exact) mass is 298 g/mol. The van der Waals surface area contributed by atoms with Gasteiger partial charge in [-0.05, 0) is 38.5 Å². The first-order chi connectivity index (χ1) is 10.5. The number of carbonyl (C=O) groups excluding carboxylic acids is 1. The zero-order chi connectivity index (χ0) is 15.9. The van der Waals surface area contributed by atoms with E-state index < -0.39 is 0 Å². The summed E-state index contributed by atoms with van der Waals surface area (Å²) in [6, 6.07) is 7.13. The number of hydrogen-bond donors (Lipinski definition) is 1. The third-order valence-electron chi connectivity index (χ3n) is 3.71. The molecule has 22 heavy (non-hydrogen) atoms. The van der Waals surface area contributed by atoms with Crippen molar-refractivity contribution in [2.24, 2.45) is 0 Å². The van der Waals surface area contributed by atoms with Gasteiger partial charge in [0.1, 0.15) is 17.4 Å². The van der Waals surface area contributed by atoms with Crippen molar-refractivity contribution >= 4 is 11.6 Å². The maximum atomic E-state index is 12.8. The van der Waals surface area contributed by atoms with E-state index in [1.807, 2.05) is 32.0 Å². The van der Waals surface area contributed by atoms with E-state index in [1.54, 1.807) is 11.8 Å². The van der Waals surface area contributed by atoms with Crippen LogP contribution in [0.5, 0.6) is 5.75 Å². The maximum Gasteiger partial charge on any atom is 0.263 e. The van der Waals surface area contributed by atoms with Crippen LogP contribution in [0.1, 0.15) is 28.5 Å². The SMILES string of the molecule is Cc1ccc2c(c1)O[C@@H](C)CN2C(=O)c1c[nH]c(C)cc1=O. The first-order valence-corrected chi connectivity index (χ1v) is 7.24. The highest BCUT2D eigenvalue weighted by atomic mass is 16.5. The molecule has 2 aromatic rings. The van der Waals surface area contributed by atoms with Crippen LogP contribution >= 0.6 is 0 Å². The minimum atomic E-state index is -0.304. The summed E-state index contributed by atoms with van der Waals surface area (Å²) in [4.78, 5) is 29.4. The third-order valence-corrected chi connectivity index (χ3v) is 3.71. The Morgan fingerprint density at radius 1 is 1.32 bits per heavy atom. The number of anilines is 1. The number of aryl methyl sites for hydroxylation is 2. The van der Waals surface area contributed by atoms with Gasteiger partial charge in [0, 0.05) is 18.0 Å². The molecule has 0 spiro atoms. The summed E-state index contributed by atoms with van der Waals surface area (Å²) >= 11 is 0. The van der Waals surface area contributed by atoms with Crippen LogP contribution in [0.3, 0.4) is 0 Å². The molecule has 1 aliphatic heterocycles. The van der Waals surface area contributed by atoms with Crippen LogP contribution in [0.25, 0.3) is 0 Å². The van der Waals surface area contributed by atoms with Crippen molar-refractivity contribution in [2.75, 3.05) is 11.4 Å². The molecule has 0 saturated carbocycles. The molecular weight excluding hydrogens is 280 g/mol. The number of aromatic nitrogens is 1. The number of pyridine rings is 1. The van der Waals surface area contributed by atoms with Crippen molar-refractivity contribution in [3.05, 3.63) is 57.5 Å². The summed E-state index contributed by atoms with van der Waals surface area (Å²) in [5.41, 5.74) is 2.37. The second kappa shape index (κ2) is 5.33. The standard InChI is InChI=1S/C17H18N2O3/c1-10-4-5-14-16(6-10)22-12(3)9-19(14)17(21)13-8-18-11(2)7-15(13)20/h4-8,12H,9H2,1-3H3,(H,18,20)/t12-/m0/s1. The number of amides is 1. The Balaban J connectivity index is 2.05. The minimum absolute atomic E-state index is 0.122. The average Bonchev–Trinajstić information content (AvgIpc) is 2.45. The molecule has 0 radical (unpaired) electrons. The first kappa shape index (κ1) is 14.4. The molecule has 2 heterocycles. The van der Waals surface area contributed by atoms with Gasteiger partial charge >= 0.3 is 0 Å². The van der Waals surface area contributed by atoms with Gasteiger partial charge in [-0.1, -0.05) is 6.07 Å². The molecule has 0 fully saturated rings. The predicted octanol–water partition coefficient (Wildman–Crippen LogP) is 2.42. The summed E-state index contributed by atoms with van der Waals surface area (Å²) in [6.07, 6.45) is 1.36. The van der Waals surface area contributed by atoms with Gasteiger partial charge in [-0.2, -0.15) is 0 Å². The van der Waals surface area contributed by atoms with Crippen LogP contribution in [0.2, 0.25) is 0 Å². The number of aromatic amines is 1. The topological polar surface area (TPSA) is 62.4 Å². The lowest BCUT2D eigenvalue weighted by Gasteiger charge is -2.33. The highest BCUT2D eigenvalue weighted by molar-refractivity contribution is 6.07. The summed E-state index contributed by atoms with van der Waals surface area (Å²) in [5.74, 6) is 0.372. The van der Waals surface area contributed by atoms with Crippen molar-refractivity contribution in [3.8, 4) is 5.75 Å². The molecule has 1 N–H and O–H groups in total. The van der Waals surface area contributed by atoms with Gasteiger partial charge in [0.25, 0.3) is 5.91 Å². The first-order valence-electron chi connectivity index (χ1n) is 7.24. The number of H-pyrrole nitrogens is 1. The molecule has 0 unspecified atom stereocenters. The highest BCUT2D eigenvalue weighted by Crippen LogP contribution is 2.34. The van der Waals surface area contributed by atoms with E-state index in [9.17, 15) is 9.59 Å². The molecule has 0 bridgehead atoms. The Hall–Kier alpha value is -2.56. The van der Waals surface area contributed by atoms with Gasteiger partial charge < -0.3 is 14.6 Å². The van der Waals surface area contributed by atoms with Gasteiger partial charge in [-0.3, -0.25) is 9.59 Å². The fourth-order valence-corrected chi connectivity index (χ4v) is 2.63. The molecule has 1 atom stereocenters. The van der Waals surface area contributed by atoms with Crippen molar-refractivity contribution in [3.63, 3.8) is 0 Å². The summed E-state index contributed by atoms with van der Waals surface area (Å²) in [5, 5.41) is 0. The molecule has 1 aliphatic rings. The quantitative estimate of drug-likeness (QED) is 0.879. The molecule has 5 heteroatoms. The van der Waals surface area contributed by atoms with Gasteiger partial charge in [0.15, 0.2) is 5.43 Å². The number of nitrogens with zero attached hydrogens (tertiary/aromatic N) is 1. The van der Waals surface area contributed by atoms with Gasteiger partial charge in [0.2, 0.25) is 0 Å². The van der Waals surface area contributed by atoms with Crippen LogP contribution in [0.4, 0.5) is 5.69 Å². The van der Waals surface area contributed by atoms with E-state index in [-0.39, 0.29) is 23.0 Å². The normalized spacial score (nSPS) is 16.9. The number of carbonyl (C=O) groups is 1. The largest absolute Gasteiger partial charge is 0.487 e. The second-order valence-corrected chi connectivity index (χ2v) is 5.71. The number of ether oxygens (including phenoxy) is 1. The van der Waals surface area contributed by atoms with Crippen LogP contribution in [-0.2, 0) is 0 Å². The highest BCUT2D eigenvalue weighted by Gasteiger charge is 2.29. The molecule has 1 aromatic carbocycles. The Morgan fingerprint density at radius 3 is 2.82 bits per heavy atom. The van der Waals surface area contributed by atoms with Gasteiger partial charge in [-0.15, -0.1) is 0 Å². The van der Waals surface area contributed by atoms with Crippen molar-refractivity contribution < 1.29 is 9.53 Å². The second-order valence-electron chi connectivity index (χ2n) is 5.71. The van der Waals surface area contributed by atoms with E-state index in [0.29, 0.717) is 18.0 Å². The number of rotatable bonds is 1. The summed E-state index contributed by atoms with van der Waals surface area (Å²) < 4.78 is 5.80. The number of nitrogens with one attached hydrogen (secondary N) is 1. The summed E-state index contributed by atoms with van der Waals surface area (Å²) in [7, 11) is 0. The maximum absolute atomic E-state index is 12.8. The number of hydrogen-bond acceptors (Lipinski definition) is 3. The average molecular weight is 298 g/mol. The zero-order valence-corrected chi connectivity index (χ0v) is 12.8. The Bertz CT molecular complexity index is 795. The van der Waals surface area contributed by atoms with Crippen LogP contribution in [0, 0.1) is 13.8 Å². The Labute approximate surface area is 128 Å². The number of fused-ring (bicyclic) bond motifs is 1. The molecule has 1 aromatic heterocycles. The lowest BCUT2D eigenvalue weighted by atomic mass is 10.1. The van der Waals surface area contributed by atoms with E-state index in [0.717, 1.165) is 11.3 Å². The zero-order valence-electron chi connectivity index (χ0n) is 12.8. The van der Waals surface area contributed by atoms with Crippen molar-refractivity contribution in [2.45, 2.75) is 26.9 Å². The van der Waals surface area contributed by atoms with Crippen LogP contribution in [-0.4, -0.2) is 23.5 Å². The van der Waals surface area contributed by atoms with E-state index >= 15 is 0 Å². The third kappa shape index (κ3) is 2.50. The molecule has 1 amide bonds. The smallest absolute Gasteiger partial charge is 0.263 e. The van der Waals surface area contributed by atoms with E-state index in [1.165, 1.54) is 12.3 Å². The Kier molecular flexibility index (Phi) is 3.48. The molecule has 3 rings (SSSR count). The van der Waals surface area contributed by atoms with Crippen LogP contribution < -0.4 is 15.1 Å². The van der Waals surface area contributed by atoms with Crippen molar-refractivity contribution in [1.82, 2.24) is 4.98 Å². The molecule has 5 nitrogen and oxygen atoms in total. The van der Waals surface area contributed by atoms with Crippen molar-refractivity contribution in [1.29, 1.82) is 0 Å². The predicted molar refractivity (Wildman–Crippen MR) is 84.7 cm³/mol. The lowest BCUT2D eigenvalue weighted by molar-refractivity contribution is 0.0959. The fourth-order valence-electron chi connectivity index (χ4n) is 2.63. The molecular formula is C17H18N2O3. The van der Waals surface area contributed by atoms with Gasteiger partial charge in [0.05, 0.1) is 12.2 Å². The molecule has 0 saturated heterocycles. The molecule has 0 aliphatic carbocycles. The number of benzene rings is 1. The Morgan fingerprint density at radius 2 is 2.09 bits per heavy atom. The summed E-state index contributed by atoms with van der Waals surface area (Å²) in [6.45, 7) is 6.08. The van der Waals surface area contributed by atoms with Gasteiger partial charge in [-0.25, -0.2) is 0 Å². The minimum Gasteiger partial charge on any atom is -0.487 e. The lowest BCUT2D eigenvalue weighted by Crippen LogP contribution is -2.43. The van der Waals surface area contributed by atoms with E-state index in [2.05, 4.69) is 4.98 Å². The molecule has 114 valence electrons. The van der Waals surface area contributed by atoms with Crippen LogP contribution in [0.15, 0.2) is 35.3 Å². The van der Waals surface area contributed by atoms with E-state index in [4.69, 9.17) is 4.74 Å².